The second kappa shape index (κ2) is 10.9. The number of nitrogens with zero attached hydrogens (tertiary/aromatic N) is 2. The third-order valence-corrected chi connectivity index (χ3v) is 4.73. The molecule has 0 aromatic heterocycles. The number of hydrogen-bond acceptors (Lipinski definition) is 2. The second-order valence-corrected chi connectivity index (χ2v) is 5.98. The summed E-state index contributed by atoms with van der Waals surface area (Å²) in [5.74, 6) is 0. The van der Waals surface area contributed by atoms with E-state index >= 15 is 0 Å². The molecule has 0 amide bonds. The van der Waals surface area contributed by atoms with Crippen molar-refractivity contribution in [1.29, 1.82) is 0 Å². The molecule has 120 valence electrons. The Kier molecular flexibility index (Phi) is 10.6. The molecule has 1 aromatic carbocycles. The minimum Gasteiger partial charge on any atom is -0.411 e. The Morgan fingerprint density at radius 1 is 0.952 bits per heavy atom. The van der Waals surface area contributed by atoms with Gasteiger partial charge in [0.2, 0.25) is 0 Å². The Morgan fingerprint density at radius 3 is 1.62 bits per heavy atom. The minimum absolute atomic E-state index is 0.503. The van der Waals surface area contributed by atoms with E-state index in [1.165, 1.54) is 30.7 Å². The highest BCUT2D eigenvalue weighted by Crippen LogP contribution is 2.12. The maximum Gasteiger partial charge on any atom is 0.0757 e. The van der Waals surface area contributed by atoms with Gasteiger partial charge in [-0.1, -0.05) is 22.5 Å². The molecule has 21 heavy (non-hydrogen) atoms. The van der Waals surface area contributed by atoms with Crippen molar-refractivity contribution < 1.29 is 4.48 Å². The van der Waals surface area contributed by atoms with Crippen molar-refractivity contribution in [2.24, 2.45) is 0 Å². The predicted molar refractivity (Wildman–Crippen MR) is 102 cm³/mol. The lowest BCUT2D eigenvalue weighted by atomic mass is 10.3. The van der Waals surface area contributed by atoms with Crippen LogP contribution < -0.4 is 4.90 Å². The topological polar surface area (TPSA) is 3.24 Å². The minimum atomic E-state index is 0.503. The smallest absolute Gasteiger partial charge is 0.0757 e. The SMILES string of the molecule is CCN(C(=S)[S-])c1ccccc1.CC[N+](CC)(CC)CC. The highest BCUT2D eigenvalue weighted by atomic mass is 32.1. The molecule has 0 aliphatic rings. The van der Waals surface area contributed by atoms with Crippen molar-refractivity contribution in [3.05, 3.63) is 30.3 Å². The Labute approximate surface area is 142 Å². The average molecular weight is 327 g/mol. The fourth-order valence-electron chi connectivity index (χ4n) is 2.37. The summed E-state index contributed by atoms with van der Waals surface area (Å²) >= 11 is 9.88. The van der Waals surface area contributed by atoms with Crippen LogP contribution in [0.4, 0.5) is 5.69 Å². The Hall–Kier alpha value is -0.710. The molecule has 0 saturated carbocycles. The van der Waals surface area contributed by atoms with Gasteiger partial charge in [0.25, 0.3) is 0 Å². The van der Waals surface area contributed by atoms with Gasteiger partial charge in [0.1, 0.15) is 0 Å². The summed E-state index contributed by atoms with van der Waals surface area (Å²) in [6.45, 7) is 17.1. The predicted octanol–water partition coefficient (Wildman–Crippen LogP) is 4.23. The lowest BCUT2D eigenvalue weighted by Gasteiger charge is -2.34. The van der Waals surface area contributed by atoms with Crippen LogP contribution in [0.2, 0.25) is 0 Å². The summed E-state index contributed by atoms with van der Waals surface area (Å²) in [7, 11) is 0. The van der Waals surface area contributed by atoms with Crippen LogP contribution >= 0.6 is 12.2 Å². The third kappa shape index (κ3) is 6.72. The van der Waals surface area contributed by atoms with Gasteiger partial charge in [0, 0.05) is 12.2 Å². The fraction of sp³-hybridized carbons (Fsp3) is 0.588. The number of hydrogen-bond donors (Lipinski definition) is 0. The van der Waals surface area contributed by atoms with Crippen molar-refractivity contribution in [1.82, 2.24) is 0 Å². The lowest BCUT2D eigenvalue weighted by molar-refractivity contribution is -0.921. The van der Waals surface area contributed by atoms with E-state index in [0.29, 0.717) is 4.32 Å². The molecule has 0 unspecified atom stereocenters. The highest BCUT2D eigenvalue weighted by Gasteiger charge is 2.16. The molecule has 1 aromatic rings. The van der Waals surface area contributed by atoms with Crippen molar-refractivity contribution >= 4 is 34.9 Å². The maximum atomic E-state index is 4.94. The van der Waals surface area contributed by atoms with E-state index in [2.05, 4.69) is 27.7 Å². The first-order valence-electron chi connectivity index (χ1n) is 7.88. The maximum absolute atomic E-state index is 4.94. The van der Waals surface area contributed by atoms with Crippen LogP contribution in [0.5, 0.6) is 0 Å². The van der Waals surface area contributed by atoms with E-state index < -0.39 is 0 Å². The monoisotopic (exact) mass is 326 g/mol. The van der Waals surface area contributed by atoms with E-state index in [-0.39, 0.29) is 0 Å². The van der Waals surface area contributed by atoms with Gasteiger partial charge in [-0.05, 0) is 46.8 Å². The van der Waals surface area contributed by atoms with Crippen molar-refractivity contribution in [2.45, 2.75) is 34.6 Å². The molecule has 0 heterocycles. The molecule has 4 heteroatoms. The summed E-state index contributed by atoms with van der Waals surface area (Å²) in [6.07, 6.45) is 0. The van der Waals surface area contributed by atoms with Crippen molar-refractivity contribution in [3.8, 4) is 0 Å². The lowest BCUT2D eigenvalue weighted by Crippen LogP contribution is -2.47. The first kappa shape index (κ1) is 20.3. The van der Waals surface area contributed by atoms with E-state index in [1.54, 1.807) is 0 Å². The van der Waals surface area contributed by atoms with Gasteiger partial charge in [-0.15, -0.1) is 0 Å². The molecular formula is C17H30N2S2. The summed E-state index contributed by atoms with van der Waals surface area (Å²) in [4.78, 5) is 1.92. The first-order chi connectivity index (χ1) is 10.00. The number of thiocarbonyl (C=S) groups is 1. The largest absolute Gasteiger partial charge is 0.411 e. The number of anilines is 1. The standard InChI is InChI=1S/C9H11NS2.C8H20N/c1-2-10(9(11)12)8-6-4-3-5-7-8;1-5-9(6-2,7-3)8-4/h3-7H,2H2,1H3,(H,11,12);5-8H2,1-4H3/q;+1/p-1. The van der Waals surface area contributed by atoms with Crippen LogP contribution in [-0.4, -0.2) is 41.5 Å². The molecule has 0 radical (unpaired) electrons. The molecule has 0 bridgehead atoms. The van der Waals surface area contributed by atoms with Crippen LogP contribution in [0.15, 0.2) is 30.3 Å². The summed E-state index contributed by atoms with van der Waals surface area (Å²) in [5, 5.41) is 0. The Morgan fingerprint density at radius 2 is 1.38 bits per heavy atom. The molecule has 1 rings (SSSR count). The van der Waals surface area contributed by atoms with Gasteiger partial charge in [-0.2, -0.15) is 0 Å². The zero-order valence-electron chi connectivity index (χ0n) is 14.1. The molecule has 0 saturated heterocycles. The molecule has 0 N–H and O–H groups in total. The molecule has 2 nitrogen and oxygen atoms in total. The van der Waals surface area contributed by atoms with Crippen molar-refractivity contribution in [3.63, 3.8) is 0 Å². The van der Waals surface area contributed by atoms with Crippen LogP contribution in [0.1, 0.15) is 34.6 Å². The Balaban J connectivity index is 0.000000400. The van der Waals surface area contributed by atoms with Gasteiger partial charge in [0.05, 0.1) is 26.2 Å². The molecular weight excluding hydrogens is 296 g/mol. The molecule has 0 aliphatic heterocycles. The molecule has 0 aliphatic carbocycles. The number of para-hydroxylation sites is 1. The van der Waals surface area contributed by atoms with Gasteiger partial charge in [0.15, 0.2) is 0 Å². The van der Waals surface area contributed by atoms with E-state index in [4.69, 9.17) is 24.8 Å². The fourth-order valence-corrected chi connectivity index (χ4v) is 2.84. The summed E-state index contributed by atoms with van der Waals surface area (Å²) < 4.78 is 1.78. The number of rotatable bonds is 6. The third-order valence-electron chi connectivity index (χ3n) is 4.29. The Bertz CT molecular complexity index is 372. The number of benzene rings is 1. The molecule has 0 fully saturated rings. The first-order valence-corrected chi connectivity index (χ1v) is 8.70. The second-order valence-electron chi connectivity index (χ2n) is 4.95. The highest BCUT2D eigenvalue weighted by molar-refractivity contribution is 8.00. The van der Waals surface area contributed by atoms with Crippen LogP contribution in [0.3, 0.4) is 0 Å². The van der Waals surface area contributed by atoms with Crippen LogP contribution in [0.25, 0.3) is 0 Å². The van der Waals surface area contributed by atoms with Gasteiger partial charge < -0.3 is 34.2 Å². The van der Waals surface area contributed by atoms with E-state index in [9.17, 15) is 0 Å². The van der Waals surface area contributed by atoms with Gasteiger partial charge >= 0.3 is 0 Å². The van der Waals surface area contributed by atoms with Crippen LogP contribution in [0, 0.1) is 0 Å². The quantitative estimate of drug-likeness (QED) is 0.437. The zero-order valence-corrected chi connectivity index (χ0v) is 15.8. The molecule has 0 atom stereocenters. The van der Waals surface area contributed by atoms with E-state index in [1.807, 2.05) is 42.2 Å². The normalized spacial score (nSPS) is 10.5. The van der Waals surface area contributed by atoms with Crippen LogP contribution in [-0.2, 0) is 12.6 Å². The average Bonchev–Trinajstić information content (AvgIpc) is 2.52. The van der Waals surface area contributed by atoms with Gasteiger partial charge in [-0.3, -0.25) is 0 Å². The van der Waals surface area contributed by atoms with E-state index in [0.717, 1.165) is 12.2 Å². The van der Waals surface area contributed by atoms with Crippen molar-refractivity contribution in [2.75, 3.05) is 37.6 Å². The molecule has 0 spiro atoms. The van der Waals surface area contributed by atoms with Gasteiger partial charge in [-0.25, -0.2) is 0 Å². The number of quaternary nitrogens is 1. The summed E-state index contributed by atoms with van der Waals surface area (Å²) in [5.41, 5.74) is 1.07. The zero-order chi connectivity index (χ0) is 16.3. The summed E-state index contributed by atoms with van der Waals surface area (Å²) in [6, 6.07) is 9.94.